The van der Waals surface area contributed by atoms with Crippen LogP contribution in [0.4, 0.5) is 4.79 Å². The predicted octanol–water partition coefficient (Wildman–Crippen LogP) is 5.98. The van der Waals surface area contributed by atoms with Gasteiger partial charge in [-0.3, -0.25) is 9.59 Å². The van der Waals surface area contributed by atoms with E-state index in [1.807, 2.05) is 76.2 Å². The van der Waals surface area contributed by atoms with Crippen molar-refractivity contribution in [1.82, 2.24) is 15.5 Å². The second kappa shape index (κ2) is 13.1. The van der Waals surface area contributed by atoms with Crippen molar-refractivity contribution in [3.05, 3.63) is 70.8 Å². The molecule has 1 fully saturated rings. The number of carbonyl (C=O) groups excluding carboxylic acids is 3. The van der Waals surface area contributed by atoms with Gasteiger partial charge in [-0.25, -0.2) is 4.79 Å². The van der Waals surface area contributed by atoms with Gasteiger partial charge >= 0.3 is 6.09 Å². The summed E-state index contributed by atoms with van der Waals surface area (Å²) >= 11 is 0. The fourth-order valence-corrected chi connectivity index (χ4v) is 4.89. The van der Waals surface area contributed by atoms with Gasteiger partial charge < -0.3 is 20.3 Å². The maximum Gasteiger partial charge on any atom is 0.408 e. The second-order valence-electron chi connectivity index (χ2n) is 11.8. The third-order valence-corrected chi connectivity index (χ3v) is 7.43. The number of carbonyl (C=O) groups is 3. The molecule has 0 aromatic heterocycles. The third kappa shape index (κ3) is 8.07. The van der Waals surface area contributed by atoms with E-state index in [1.54, 1.807) is 25.7 Å². The fourth-order valence-electron chi connectivity index (χ4n) is 4.89. The normalized spacial score (nSPS) is 15.9. The Morgan fingerprint density at radius 2 is 1.72 bits per heavy atom. The smallest absolute Gasteiger partial charge is 0.408 e. The van der Waals surface area contributed by atoms with E-state index in [9.17, 15) is 14.4 Å². The van der Waals surface area contributed by atoms with E-state index in [0.29, 0.717) is 13.0 Å². The molecule has 2 aromatic rings. The summed E-state index contributed by atoms with van der Waals surface area (Å²) in [4.78, 5) is 43.0. The quantitative estimate of drug-likeness (QED) is 0.392. The molecule has 7 nitrogen and oxygen atoms in total. The molecule has 3 atom stereocenters. The van der Waals surface area contributed by atoms with Crippen LogP contribution in [-0.2, 0) is 20.9 Å². The molecule has 0 bridgehead atoms. The molecule has 212 valence electrons. The molecule has 2 N–H and O–H groups in total. The van der Waals surface area contributed by atoms with Crippen LogP contribution < -0.4 is 10.6 Å². The highest BCUT2D eigenvalue weighted by atomic mass is 16.6. The fraction of sp³-hybridized carbons (Fsp3) is 0.531. The van der Waals surface area contributed by atoms with Crippen molar-refractivity contribution < 1.29 is 19.1 Å². The highest BCUT2D eigenvalue weighted by Crippen LogP contribution is 2.36. The Kier molecular flexibility index (Phi) is 10.2. The first-order valence-electron chi connectivity index (χ1n) is 14.1. The zero-order valence-electron chi connectivity index (χ0n) is 24.5. The Bertz CT molecular complexity index is 1140. The number of rotatable bonds is 10. The van der Waals surface area contributed by atoms with Gasteiger partial charge in [-0.15, -0.1) is 0 Å². The number of hydrogen-bond acceptors (Lipinski definition) is 4. The van der Waals surface area contributed by atoms with Crippen LogP contribution >= 0.6 is 0 Å². The van der Waals surface area contributed by atoms with Crippen molar-refractivity contribution in [3.8, 4) is 0 Å². The number of alkyl carbamates (subject to hydrolysis) is 1. The van der Waals surface area contributed by atoms with Crippen molar-refractivity contribution in [1.29, 1.82) is 0 Å². The topological polar surface area (TPSA) is 87.7 Å². The molecular weight excluding hydrogens is 490 g/mol. The van der Waals surface area contributed by atoms with E-state index in [1.165, 1.54) is 0 Å². The summed E-state index contributed by atoms with van der Waals surface area (Å²) < 4.78 is 5.51. The average Bonchev–Trinajstić information content (AvgIpc) is 2.84. The molecule has 0 saturated heterocycles. The lowest BCUT2D eigenvalue weighted by Gasteiger charge is -2.44. The molecule has 1 aliphatic rings. The van der Waals surface area contributed by atoms with Gasteiger partial charge in [0.1, 0.15) is 17.7 Å². The largest absolute Gasteiger partial charge is 0.444 e. The summed E-state index contributed by atoms with van der Waals surface area (Å²) in [6.07, 6.45) is 2.68. The first-order chi connectivity index (χ1) is 18.4. The van der Waals surface area contributed by atoms with E-state index in [0.717, 1.165) is 41.5 Å². The molecule has 0 spiro atoms. The number of hydrogen-bond donors (Lipinski definition) is 2. The molecular formula is C32H45N3O4. The summed E-state index contributed by atoms with van der Waals surface area (Å²) in [6, 6.07) is 14.0. The maximum atomic E-state index is 14.4. The highest BCUT2D eigenvalue weighted by Gasteiger charge is 2.43. The summed E-state index contributed by atoms with van der Waals surface area (Å²) in [5, 5.41) is 5.94. The van der Waals surface area contributed by atoms with Gasteiger partial charge in [0.15, 0.2) is 0 Å². The molecule has 1 saturated carbocycles. The summed E-state index contributed by atoms with van der Waals surface area (Å²) in [5.74, 6) is -0.634. The van der Waals surface area contributed by atoms with Crippen LogP contribution in [0.25, 0.3) is 0 Å². The standard InChI is InChI=1S/C32H45N3O4/c1-8-22(3)27(34-31(38)39-32(5,6)7)30(37)35(25-15-12-16-25)28(26-18-17-21(2)19-23(26)4)29(36)33-20-24-13-10-9-11-14-24/h9-11,13-14,17-19,22,25,27-28H,8,12,15-16,20H2,1-7H3,(H,33,36)(H,34,38). The van der Waals surface area contributed by atoms with Crippen LogP contribution in [0.15, 0.2) is 48.5 Å². The van der Waals surface area contributed by atoms with Gasteiger partial charge in [0.2, 0.25) is 11.8 Å². The minimum absolute atomic E-state index is 0.0855. The Balaban J connectivity index is 2.01. The number of ether oxygens (including phenoxy) is 1. The first-order valence-corrected chi connectivity index (χ1v) is 14.1. The third-order valence-electron chi connectivity index (χ3n) is 7.43. The molecule has 39 heavy (non-hydrogen) atoms. The summed E-state index contributed by atoms with van der Waals surface area (Å²) in [5.41, 5.74) is 3.12. The Hall–Kier alpha value is -3.35. The molecule has 2 aromatic carbocycles. The molecule has 7 heteroatoms. The first kappa shape index (κ1) is 30.2. The monoisotopic (exact) mass is 535 g/mol. The van der Waals surface area contributed by atoms with Crippen molar-refractivity contribution in [2.75, 3.05) is 0 Å². The minimum atomic E-state index is -0.820. The van der Waals surface area contributed by atoms with Crippen molar-refractivity contribution in [3.63, 3.8) is 0 Å². The Morgan fingerprint density at radius 3 is 2.26 bits per heavy atom. The van der Waals surface area contributed by atoms with Gasteiger partial charge in [0, 0.05) is 12.6 Å². The Morgan fingerprint density at radius 1 is 1.05 bits per heavy atom. The van der Waals surface area contributed by atoms with Crippen molar-refractivity contribution in [2.45, 2.75) is 104 Å². The van der Waals surface area contributed by atoms with E-state index in [2.05, 4.69) is 10.6 Å². The molecule has 1 aliphatic carbocycles. The van der Waals surface area contributed by atoms with E-state index < -0.39 is 23.8 Å². The van der Waals surface area contributed by atoms with Gasteiger partial charge in [-0.05, 0) is 76.5 Å². The van der Waals surface area contributed by atoms with Crippen LogP contribution in [-0.4, -0.2) is 40.5 Å². The number of nitrogens with zero attached hydrogens (tertiary/aromatic N) is 1. The number of benzene rings is 2. The second-order valence-corrected chi connectivity index (χ2v) is 11.8. The predicted molar refractivity (Wildman–Crippen MR) is 154 cm³/mol. The zero-order chi connectivity index (χ0) is 28.7. The minimum Gasteiger partial charge on any atom is -0.444 e. The SMILES string of the molecule is CCC(C)C(NC(=O)OC(C)(C)C)C(=O)N(C1CCC1)C(C(=O)NCc1ccccc1)c1ccc(C)cc1C. The van der Waals surface area contributed by atoms with E-state index in [-0.39, 0.29) is 23.8 Å². The molecule has 3 rings (SSSR count). The lowest BCUT2D eigenvalue weighted by atomic mass is 9.86. The highest BCUT2D eigenvalue weighted by molar-refractivity contribution is 5.92. The maximum absolute atomic E-state index is 14.4. The number of nitrogens with one attached hydrogen (secondary N) is 2. The van der Waals surface area contributed by atoms with Gasteiger partial charge in [0.25, 0.3) is 0 Å². The molecule has 0 radical (unpaired) electrons. The van der Waals surface area contributed by atoms with Crippen LogP contribution in [0.3, 0.4) is 0 Å². The lowest BCUT2D eigenvalue weighted by molar-refractivity contribution is -0.148. The molecule has 0 aliphatic heterocycles. The summed E-state index contributed by atoms with van der Waals surface area (Å²) in [7, 11) is 0. The lowest BCUT2D eigenvalue weighted by Crippen LogP contribution is -2.59. The van der Waals surface area contributed by atoms with Gasteiger partial charge in [-0.1, -0.05) is 74.4 Å². The van der Waals surface area contributed by atoms with Gasteiger partial charge in [0.05, 0.1) is 0 Å². The van der Waals surface area contributed by atoms with E-state index in [4.69, 9.17) is 4.74 Å². The van der Waals surface area contributed by atoms with Crippen molar-refractivity contribution >= 4 is 17.9 Å². The average molecular weight is 536 g/mol. The van der Waals surface area contributed by atoms with Crippen LogP contribution in [0.5, 0.6) is 0 Å². The van der Waals surface area contributed by atoms with E-state index >= 15 is 0 Å². The summed E-state index contributed by atoms with van der Waals surface area (Å²) in [6.45, 7) is 13.7. The van der Waals surface area contributed by atoms with Crippen LogP contribution in [0.1, 0.15) is 88.6 Å². The van der Waals surface area contributed by atoms with Gasteiger partial charge in [-0.2, -0.15) is 0 Å². The Labute approximate surface area is 233 Å². The number of amides is 3. The van der Waals surface area contributed by atoms with Crippen molar-refractivity contribution in [2.24, 2.45) is 5.92 Å². The van der Waals surface area contributed by atoms with Crippen LogP contribution in [0.2, 0.25) is 0 Å². The molecule has 3 unspecified atom stereocenters. The zero-order valence-corrected chi connectivity index (χ0v) is 24.5. The van der Waals surface area contributed by atoms with Crippen LogP contribution in [0, 0.1) is 19.8 Å². The number of aryl methyl sites for hydroxylation is 2. The molecule has 0 heterocycles. The molecule has 3 amide bonds.